The molecule has 1 amide bonds. The fourth-order valence-electron chi connectivity index (χ4n) is 2.51. The van der Waals surface area contributed by atoms with Crippen molar-refractivity contribution in [3.8, 4) is 0 Å². The number of hydrogen-bond donors (Lipinski definition) is 1. The summed E-state index contributed by atoms with van der Waals surface area (Å²) in [7, 11) is -3.74. The van der Waals surface area contributed by atoms with Gasteiger partial charge in [0.1, 0.15) is 6.04 Å². The molecule has 134 valence electrons. The number of amides is 1. The third kappa shape index (κ3) is 4.46. The van der Waals surface area contributed by atoms with Crippen molar-refractivity contribution in [3.63, 3.8) is 0 Å². The molecule has 0 radical (unpaired) electrons. The van der Waals surface area contributed by atoms with Crippen LogP contribution in [0.4, 0.5) is 5.69 Å². The Labute approximate surface area is 149 Å². The Morgan fingerprint density at radius 1 is 1.00 bits per heavy atom. The fourth-order valence-corrected chi connectivity index (χ4v) is 4.11. The minimum atomic E-state index is -3.74. The smallest absolute Gasteiger partial charge is 0.243 e. The molecule has 1 atom stereocenters. The van der Waals surface area contributed by atoms with E-state index in [0.717, 1.165) is 11.1 Å². The minimum Gasteiger partial charge on any atom is -0.325 e. The average Bonchev–Trinajstić information content (AvgIpc) is 2.57. The zero-order chi connectivity index (χ0) is 18.6. The number of nitrogens with zero attached hydrogens (tertiary/aromatic N) is 1. The molecule has 0 aliphatic rings. The van der Waals surface area contributed by atoms with E-state index < -0.39 is 16.1 Å². The summed E-state index contributed by atoms with van der Waals surface area (Å²) in [5.41, 5.74) is 2.71. The van der Waals surface area contributed by atoms with Crippen molar-refractivity contribution >= 4 is 21.6 Å². The predicted molar refractivity (Wildman–Crippen MR) is 100 cm³/mol. The quantitative estimate of drug-likeness (QED) is 0.859. The van der Waals surface area contributed by atoms with Crippen LogP contribution in [0.15, 0.2) is 53.4 Å². The number of carbonyl (C=O) groups excluding carboxylic acids is 1. The lowest BCUT2D eigenvalue weighted by Crippen LogP contribution is -2.45. The molecular weight excluding hydrogens is 336 g/mol. The van der Waals surface area contributed by atoms with Gasteiger partial charge in [0, 0.05) is 12.2 Å². The van der Waals surface area contributed by atoms with Crippen LogP contribution in [0, 0.1) is 13.8 Å². The van der Waals surface area contributed by atoms with Crippen molar-refractivity contribution in [1.29, 1.82) is 0 Å². The van der Waals surface area contributed by atoms with Crippen LogP contribution < -0.4 is 5.32 Å². The van der Waals surface area contributed by atoms with Crippen molar-refractivity contribution in [2.45, 2.75) is 38.6 Å². The molecule has 2 aromatic rings. The normalized spacial score (nSPS) is 12.8. The van der Waals surface area contributed by atoms with Gasteiger partial charge in [-0.2, -0.15) is 4.31 Å². The highest BCUT2D eigenvalue weighted by Crippen LogP contribution is 2.20. The van der Waals surface area contributed by atoms with E-state index in [-0.39, 0.29) is 17.3 Å². The van der Waals surface area contributed by atoms with Crippen LogP contribution in [-0.2, 0) is 14.8 Å². The van der Waals surface area contributed by atoms with Gasteiger partial charge in [0.2, 0.25) is 15.9 Å². The number of benzene rings is 2. The Bertz CT molecular complexity index is 828. The van der Waals surface area contributed by atoms with Crippen LogP contribution in [0.1, 0.15) is 25.0 Å². The van der Waals surface area contributed by atoms with E-state index in [1.54, 1.807) is 50.2 Å². The molecule has 0 saturated heterocycles. The SMILES string of the molecule is CCN([C@@H](C)C(=O)Nc1ccc(C)cc1)S(=O)(=O)c1ccc(C)cc1. The molecule has 0 heterocycles. The van der Waals surface area contributed by atoms with E-state index >= 15 is 0 Å². The maximum Gasteiger partial charge on any atom is 0.243 e. The highest BCUT2D eigenvalue weighted by Gasteiger charge is 2.31. The predicted octanol–water partition coefficient (Wildman–Crippen LogP) is 3.34. The van der Waals surface area contributed by atoms with E-state index in [9.17, 15) is 13.2 Å². The molecule has 0 spiro atoms. The van der Waals surface area contributed by atoms with Gasteiger partial charge >= 0.3 is 0 Å². The van der Waals surface area contributed by atoms with Gasteiger partial charge in [-0.15, -0.1) is 0 Å². The molecule has 2 rings (SSSR count). The summed E-state index contributed by atoms with van der Waals surface area (Å²) in [6, 6.07) is 13.2. The Morgan fingerprint density at radius 3 is 1.96 bits per heavy atom. The Balaban J connectivity index is 2.21. The number of anilines is 1. The van der Waals surface area contributed by atoms with Crippen LogP contribution in [0.2, 0.25) is 0 Å². The zero-order valence-corrected chi connectivity index (χ0v) is 15.8. The summed E-state index contributed by atoms with van der Waals surface area (Å²) in [5.74, 6) is -0.360. The summed E-state index contributed by atoms with van der Waals surface area (Å²) < 4.78 is 26.9. The van der Waals surface area contributed by atoms with Gasteiger partial charge in [0.05, 0.1) is 4.90 Å². The van der Waals surface area contributed by atoms with Gasteiger partial charge in [-0.1, -0.05) is 42.3 Å². The molecule has 6 heteroatoms. The van der Waals surface area contributed by atoms with Gasteiger partial charge in [-0.3, -0.25) is 4.79 Å². The number of hydrogen-bond acceptors (Lipinski definition) is 3. The molecule has 0 bridgehead atoms. The number of sulfonamides is 1. The summed E-state index contributed by atoms with van der Waals surface area (Å²) in [4.78, 5) is 12.7. The van der Waals surface area contributed by atoms with Gasteiger partial charge < -0.3 is 5.32 Å². The van der Waals surface area contributed by atoms with E-state index in [1.807, 2.05) is 26.0 Å². The molecule has 5 nitrogen and oxygen atoms in total. The molecule has 0 aliphatic carbocycles. The maximum absolute atomic E-state index is 12.9. The molecule has 1 N–H and O–H groups in total. The first-order chi connectivity index (χ1) is 11.8. The molecule has 0 aromatic heterocycles. The van der Waals surface area contributed by atoms with Gasteiger partial charge in [-0.25, -0.2) is 8.42 Å². The molecular formula is C19H24N2O3S. The summed E-state index contributed by atoms with van der Waals surface area (Å²) in [6.07, 6.45) is 0. The van der Waals surface area contributed by atoms with Crippen molar-refractivity contribution < 1.29 is 13.2 Å². The van der Waals surface area contributed by atoms with Crippen molar-refractivity contribution in [3.05, 3.63) is 59.7 Å². The second kappa shape index (κ2) is 7.80. The third-order valence-corrected chi connectivity index (χ3v) is 6.13. The van der Waals surface area contributed by atoms with Crippen molar-refractivity contribution in [2.75, 3.05) is 11.9 Å². The number of aryl methyl sites for hydroxylation is 2. The standard InChI is InChI=1S/C19H24N2O3S/c1-5-21(25(23,24)18-12-8-15(3)9-13-18)16(4)19(22)20-17-10-6-14(2)7-11-17/h6-13,16H,5H2,1-4H3,(H,20,22)/t16-/m0/s1. The minimum absolute atomic E-state index is 0.190. The highest BCUT2D eigenvalue weighted by molar-refractivity contribution is 7.89. The molecule has 25 heavy (non-hydrogen) atoms. The lowest BCUT2D eigenvalue weighted by molar-refractivity contribution is -0.119. The summed E-state index contributed by atoms with van der Waals surface area (Å²) in [5, 5.41) is 2.77. The average molecular weight is 360 g/mol. The second-order valence-corrected chi connectivity index (χ2v) is 7.94. The van der Waals surface area contributed by atoms with E-state index in [2.05, 4.69) is 5.32 Å². The highest BCUT2D eigenvalue weighted by atomic mass is 32.2. The van der Waals surface area contributed by atoms with Crippen molar-refractivity contribution in [1.82, 2.24) is 4.31 Å². The lowest BCUT2D eigenvalue weighted by atomic mass is 10.2. The first kappa shape index (κ1) is 19.1. The van der Waals surface area contributed by atoms with E-state index in [1.165, 1.54) is 4.31 Å². The molecule has 0 fully saturated rings. The van der Waals surface area contributed by atoms with Gasteiger partial charge in [0.25, 0.3) is 0 Å². The lowest BCUT2D eigenvalue weighted by Gasteiger charge is -2.26. The molecule has 0 aliphatic heterocycles. The van der Waals surface area contributed by atoms with Gasteiger partial charge in [-0.05, 0) is 45.0 Å². The first-order valence-electron chi connectivity index (χ1n) is 8.21. The number of carbonyl (C=O) groups is 1. The third-order valence-electron chi connectivity index (χ3n) is 4.07. The monoisotopic (exact) mass is 360 g/mol. The molecule has 2 aromatic carbocycles. The number of likely N-dealkylation sites (N-methyl/N-ethyl adjacent to an activating group) is 1. The second-order valence-electron chi connectivity index (χ2n) is 6.05. The Kier molecular flexibility index (Phi) is 5.98. The van der Waals surface area contributed by atoms with Gasteiger partial charge in [0.15, 0.2) is 0 Å². The van der Waals surface area contributed by atoms with E-state index in [4.69, 9.17) is 0 Å². The zero-order valence-electron chi connectivity index (χ0n) is 15.0. The Hall–Kier alpha value is -2.18. The van der Waals surface area contributed by atoms with E-state index in [0.29, 0.717) is 5.69 Å². The largest absolute Gasteiger partial charge is 0.325 e. The summed E-state index contributed by atoms with van der Waals surface area (Å²) >= 11 is 0. The first-order valence-corrected chi connectivity index (χ1v) is 9.65. The Morgan fingerprint density at radius 2 is 1.48 bits per heavy atom. The molecule has 0 unspecified atom stereocenters. The van der Waals surface area contributed by atoms with Crippen LogP contribution >= 0.6 is 0 Å². The number of rotatable bonds is 6. The van der Waals surface area contributed by atoms with Crippen LogP contribution in [0.25, 0.3) is 0 Å². The van der Waals surface area contributed by atoms with Crippen molar-refractivity contribution in [2.24, 2.45) is 0 Å². The summed E-state index contributed by atoms with van der Waals surface area (Å²) in [6.45, 7) is 7.38. The van der Waals surface area contributed by atoms with Crippen LogP contribution in [0.5, 0.6) is 0 Å². The van der Waals surface area contributed by atoms with Crippen LogP contribution in [0.3, 0.4) is 0 Å². The number of nitrogens with one attached hydrogen (secondary N) is 1. The topological polar surface area (TPSA) is 66.5 Å². The fraction of sp³-hybridized carbons (Fsp3) is 0.316. The molecule has 0 saturated carbocycles. The maximum atomic E-state index is 12.9. The van der Waals surface area contributed by atoms with Crippen LogP contribution in [-0.4, -0.2) is 31.2 Å².